The zero-order chi connectivity index (χ0) is 16.7. The van der Waals surface area contributed by atoms with Crippen LogP contribution in [-0.2, 0) is 6.42 Å². The molecule has 0 saturated carbocycles. The lowest BCUT2D eigenvalue weighted by molar-refractivity contribution is 0.148. The Hall–Kier alpha value is -1.12. The van der Waals surface area contributed by atoms with Crippen molar-refractivity contribution in [3.8, 4) is 0 Å². The van der Waals surface area contributed by atoms with Gasteiger partial charge in [-0.25, -0.2) is 0 Å². The van der Waals surface area contributed by atoms with Gasteiger partial charge < -0.3 is 9.80 Å². The van der Waals surface area contributed by atoms with Crippen LogP contribution in [0, 0.1) is 12.8 Å². The Bertz CT molecular complexity index is 502. The highest BCUT2D eigenvalue weighted by Crippen LogP contribution is 2.18. The van der Waals surface area contributed by atoms with E-state index in [1.54, 1.807) is 0 Å². The highest BCUT2D eigenvalue weighted by molar-refractivity contribution is 5.25. The van der Waals surface area contributed by atoms with Gasteiger partial charge in [-0.3, -0.25) is 0 Å². The minimum absolute atomic E-state index is 0.830. The fourth-order valence-electron chi connectivity index (χ4n) is 3.53. The Balaban J connectivity index is 1.77. The van der Waals surface area contributed by atoms with Gasteiger partial charge in [0.1, 0.15) is 0 Å². The van der Waals surface area contributed by atoms with Crippen LogP contribution in [0.4, 0.5) is 0 Å². The van der Waals surface area contributed by atoms with E-state index in [-0.39, 0.29) is 0 Å². The number of allylic oxidation sites excluding steroid dienone is 1. The molecule has 23 heavy (non-hydrogen) atoms. The molecule has 0 aromatic heterocycles. The van der Waals surface area contributed by atoms with Gasteiger partial charge in [-0.15, -0.1) is 0 Å². The Morgan fingerprint density at radius 1 is 1.30 bits per heavy atom. The van der Waals surface area contributed by atoms with Crippen molar-refractivity contribution in [2.75, 3.05) is 39.8 Å². The number of hydrogen-bond donors (Lipinski definition) is 0. The van der Waals surface area contributed by atoms with E-state index in [1.165, 1.54) is 62.1 Å². The highest BCUT2D eigenvalue weighted by Gasteiger charge is 2.20. The van der Waals surface area contributed by atoms with Gasteiger partial charge in [-0.1, -0.05) is 35.9 Å². The molecule has 1 saturated heterocycles. The maximum absolute atomic E-state index is 2.68. The fourth-order valence-corrected chi connectivity index (χ4v) is 3.53. The normalized spacial score (nSPS) is 19.1. The Kier molecular flexibility index (Phi) is 7.32. The summed E-state index contributed by atoms with van der Waals surface area (Å²) in [5.74, 6) is 0.830. The molecule has 0 aliphatic carbocycles. The monoisotopic (exact) mass is 314 g/mol. The van der Waals surface area contributed by atoms with Crippen LogP contribution in [0.1, 0.15) is 37.8 Å². The summed E-state index contributed by atoms with van der Waals surface area (Å²) in [5, 5.41) is 0. The zero-order valence-corrected chi connectivity index (χ0v) is 15.5. The van der Waals surface area contributed by atoms with Crippen LogP contribution < -0.4 is 0 Å². The summed E-state index contributed by atoms with van der Waals surface area (Å²) in [4.78, 5) is 5.15. The number of nitrogens with zero attached hydrogens (tertiary/aromatic N) is 2. The summed E-state index contributed by atoms with van der Waals surface area (Å²) in [5.41, 5.74) is 4.36. The summed E-state index contributed by atoms with van der Waals surface area (Å²) in [6, 6.07) is 8.81. The first-order valence-corrected chi connectivity index (χ1v) is 9.13. The van der Waals surface area contributed by atoms with Gasteiger partial charge in [0.2, 0.25) is 0 Å². The smallest absolute Gasteiger partial charge is 0.0162 e. The Morgan fingerprint density at radius 3 is 2.83 bits per heavy atom. The van der Waals surface area contributed by atoms with E-state index >= 15 is 0 Å². The molecule has 0 spiro atoms. The van der Waals surface area contributed by atoms with Crippen molar-refractivity contribution in [3.05, 3.63) is 47.0 Å². The standard InChI is InChI=1S/C21H34N2/c1-18(2)11-14-22(4)16-20-9-7-13-23(17-20)15-12-21-10-6-5-8-19(21)3/h5-6,8,10-11,20H,7,9,12-17H2,1-4H3/t20-/m0/s1. The molecule has 1 fully saturated rings. The molecule has 1 aromatic rings. The number of piperidine rings is 1. The molecule has 2 heteroatoms. The van der Waals surface area contributed by atoms with Gasteiger partial charge in [0.25, 0.3) is 0 Å². The molecule has 2 nitrogen and oxygen atoms in total. The lowest BCUT2D eigenvalue weighted by Gasteiger charge is -2.34. The number of rotatable bonds is 7. The SMILES string of the molecule is CC(C)=CCN(C)C[C@@H]1CCCN(CCc2ccccc2C)C1. The predicted octanol–water partition coefficient (Wildman–Crippen LogP) is 4.15. The Labute approximate surface area is 143 Å². The van der Waals surface area contributed by atoms with Gasteiger partial charge in [0.15, 0.2) is 0 Å². The maximum Gasteiger partial charge on any atom is 0.0162 e. The summed E-state index contributed by atoms with van der Waals surface area (Å²) in [6.07, 6.45) is 6.26. The second-order valence-electron chi connectivity index (χ2n) is 7.49. The third kappa shape index (κ3) is 6.48. The van der Waals surface area contributed by atoms with Crippen molar-refractivity contribution >= 4 is 0 Å². The van der Waals surface area contributed by atoms with E-state index in [0.29, 0.717) is 0 Å². The third-order valence-corrected chi connectivity index (χ3v) is 4.94. The average Bonchev–Trinajstić information content (AvgIpc) is 2.52. The lowest BCUT2D eigenvalue weighted by Crippen LogP contribution is -2.41. The number of likely N-dealkylation sites (N-methyl/N-ethyl adjacent to an activating group) is 1. The first kappa shape index (κ1) is 18.2. The van der Waals surface area contributed by atoms with E-state index in [9.17, 15) is 0 Å². The van der Waals surface area contributed by atoms with E-state index < -0.39 is 0 Å². The molecule has 128 valence electrons. The second-order valence-corrected chi connectivity index (χ2v) is 7.49. The quantitative estimate of drug-likeness (QED) is 0.698. The summed E-state index contributed by atoms with van der Waals surface area (Å²) < 4.78 is 0. The molecule has 0 bridgehead atoms. The van der Waals surface area contributed by atoms with Crippen molar-refractivity contribution in [1.29, 1.82) is 0 Å². The summed E-state index contributed by atoms with van der Waals surface area (Å²) >= 11 is 0. The van der Waals surface area contributed by atoms with Crippen LogP contribution in [0.2, 0.25) is 0 Å². The molecular formula is C21H34N2. The molecule has 2 rings (SSSR count). The van der Waals surface area contributed by atoms with Gasteiger partial charge >= 0.3 is 0 Å². The lowest BCUT2D eigenvalue weighted by atomic mass is 9.96. The summed E-state index contributed by atoms with van der Waals surface area (Å²) in [6.45, 7) is 12.7. The molecule has 0 radical (unpaired) electrons. The van der Waals surface area contributed by atoms with E-state index in [4.69, 9.17) is 0 Å². The minimum Gasteiger partial charge on any atom is -0.303 e. The molecule has 1 aliphatic heterocycles. The third-order valence-electron chi connectivity index (χ3n) is 4.94. The van der Waals surface area contributed by atoms with Crippen molar-refractivity contribution < 1.29 is 0 Å². The van der Waals surface area contributed by atoms with Gasteiger partial charge in [-0.05, 0) is 70.7 Å². The minimum atomic E-state index is 0.830. The van der Waals surface area contributed by atoms with Crippen molar-refractivity contribution in [2.24, 2.45) is 5.92 Å². The number of hydrogen-bond acceptors (Lipinski definition) is 2. The molecule has 1 atom stereocenters. The first-order chi connectivity index (χ1) is 11.0. The maximum atomic E-state index is 2.68. The second kappa shape index (κ2) is 9.24. The number of aryl methyl sites for hydroxylation is 1. The van der Waals surface area contributed by atoms with Gasteiger partial charge in [0.05, 0.1) is 0 Å². The largest absolute Gasteiger partial charge is 0.303 e. The molecule has 0 N–H and O–H groups in total. The molecule has 1 aromatic carbocycles. The van der Waals surface area contributed by atoms with Crippen molar-refractivity contribution in [2.45, 2.75) is 40.0 Å². The zero-order valence-electron chi connectivity index (χ0n) is 15.5. The van der Waals surface area contributed by atoms with Crippen molar-refractivity contribution in [1.82, 2.24) is 9.80 Å². The van der Waals surface area contributed by atoms with E-state index in [2.05, 4.69) is 68.0 Å². The van der Waals surface area contributed by atoms with Gasteiger partial charge in [0, 0.05) is 26.2 Å². The van der Waals surface area contributed by atoms with Crippen LogP contribution in [0.15, 0.2) is 35.9 Å². The van der Waals surface area contributed by atoms with Crippen LogP contribution in [0.5, 0.6) is 0 Å². The van der Waals surface area contributed by atoms with Crippen LogP contribution >= 0.6 is 0 Å². The van der Waals surface area contributed by atoms with E-state index in [1.807, 2.05) is 0 Å². The summed E-state index contributed by atoms with van der Waals surface area (Å²) in [7, 11) is 2.26. The predicted molar refractivity (Wildman–Crippen MR) is 101 cm³/mol. The van der Waals surface area contributed by atoms with Gasteiger partial charge in [-0.2, -0.15) is 0 Å². The highest BCUT2D eigenvalue weighted by atomic mass is 15.1. The number of benzene rings is 1. The molecule has 0 unspecified atom stereocenters. The number of likely N-dealkylation sites (tertiary alicyclic amines) is 1. The van der Waals surface area contributed by atoms with Crippen LogP contribution in [-0.4, -0.2) is 49.6 Å². The first-order valence-electron chi connectivity index (χ1n) is 9.13. The molecule has 0 amide bonds. The Morgan fingerprint density at radius 2 is 2.09 bits per heavy atom. The van der Waals surface area contributed by atoms with Crippen molar-refractivity contribution in [3.63, 3.8) is 0 Å². The topological polar surface area (TPSA) is 6.48 Å². The molecule has 1 heterocycles. The van der Waals surface area contributed by atoms with Crippen LogP contribution in [0.25, 0.3) is 0 Å². The average molecular weight is 315 g/mol. The van der Waals surface area contributed by atoms with E-state index in [0.717, 1.165) is 12.5 Å². The van der Waals surface area contributed by atoms with Crippen LogP contribution in [0.3, 0.4) is 0 Å². The molecule has 1 aliphatic rings. The fraction of sp³-hybridized carbons (Fsp3) is 0.619. The molecular weight excluding hydrogens is 280 g/mol.